The van der Waals surface area contributed by atoms with Crippen LogP contribution in [0.3, 0.4) is 0 Å². The van der Waals surface area contributed by atoms with Gasteiger partial charge < -0.3 is 15.3 Å². The van der Waals surface area contributed by atoms with Crippen molar-refractivity contribution in [3.63, 3.8) is 0 Å². The second-order valence-corrected chi connectivity index (χ2v) is 13.1. The summed E-state index contributed by atoms with van der Waals surface area (Å²) < 4.78 is 1.03. The van der Waals surface area contributed by atoms with Crippen molar-refractivity contribution in [1.82, 2.24) is 15.0 Å². The number of carbonyl (C=O) groups excluding carboxylic acids is 1. The molecule has 2 N–H and O–H groups in total. The number of anilines is 2. The lowest BCUT2D eigenvalue weighted by Gasteiger charge is -2.40. The van der Waals surface area contributed by atoms with Crippen molar-refractivity contribution in [3.05, 3.63) is 113 Å². The molecule has 1 fully saturated rings. The zero-order valence-corrected chi connectivity index (χ0v) is 26.4. The molecule has 3 aromatic carbocycles. The first kappa shape index (κ1) is 30.4. The number of carboxylic acid groups (broad SMARTS) is 1. The molecule has 0 saturated carbocycles. The molecule has 0 spiro atoms. The third-order valence-corrected chi connectivity index (χ3v) is 9.72. The third-order valence-electron chi connectivity index (χ3n) is 8.77. The maximum Gasteiger partial charge on any atom is 0.339 e. The van der Waals surface area contributed by atoms with Crippen LogP contribution in [-0.4, -0.2) is 45.0 Å². The van der Waals surface area contributed by atoms with Crippen LogP contribution in [0.2, 0.25) is 0 Å². The molecular weight excluding hydrogens is 582 g/mol. The van der Waals surface area contributed by atoms with Gasteiger partial charge in [-0.3, -0.25) is 4.79 Å². The number of aromatic carboxylic acids is 1. The van der Waals surface area contributed by atoms with Gasteiger partial charge in [-0.05, 0) is 66.8 Å². The normalized spacial score (nSPS) is 14.5. The van der Waals surface area contributed by atoms with Crippen LogP contribution in [0.15, 0.2) is 85.1 Å². The number of carboxylic acids is 1. The molecule has 1 aliphatic rings. The fourth-order valence-electron chi connectivity index (χ4n) is 6.02. The first-order valence-electron chi connectivity index (χ1n) is 15.4. The molecule has 2 aromatic heterocycles. The van der Waals surface area contributed by atoms with Crippen LogP contribution in [0.25, 0.3) is 10.2 Å². The summed E-state index contributed by atoms with van der Waals surface area (Å²) >= 11 is 1.48. The quantitative estimate of drug-likeness (QED) is 0.171. The smallest absolute Gasteiger partial charge is 0.339 e. The maximum absolute atomic E-state index is 14.0. The molecule has 1 aliphatic heterocycles. The van der Waals surface area contributed by atoms with E-state index >= 15 is 0 Å². The van der Waals surface area contributed by atoms with E-state index in [2.05, 4.69) is 70.4 Å². The summed E-state index contributed by atoms with van der Waals surface area (Å²) in [4.78, 5) is 42.0. The predicted molar refractivity (Wildman–Crippen MR) is 179 cm³/mol. The van der Waals surface area contributed by atoms with Gasteiger partial charge in [-0.25, -0.2) is 19.7 Å². The van der Waals surface area contributed by atoms with Crippen LogP contribution in [-0.2, 0) is 24.1 Å². The number of rotatable bonds is 10. The number of thiazole rings is 1. The number of hydrogen-bond acceptors (Lipinski definition) is 7. The Morgan fingerprint density at radius 2 is 1.62 bits per heavy atom. The van der Waals surface area contributed by atoms with Crippen LogP contribution in [0.1, 0.15) is 65.3 Å². The molecule has 5 aromatic rings. The Morgan fingerprint density at radius 3 is 2.31 bits per heavy atom. The second-order valence-electron chi connectivity index (χ2n) is 12.1. The average Bonchev–Trinajstić information content (AvgIpc) is 3.47. The van der Waals surface area contributed by atoms with Crippen LogP contribution < -0.4 is 10.2 Å². The van der Waals surface area contributed by atoms with E-state index in [-0.39, 0.29) is 11.5 Å². The summed E-state index contributed by atoms with van der Waals surface area (Å²) in [5.74, 6) is -0.100. The zero-order valence-electron chi connectivity index (χ0n) is 25.6. The number of hydrogen-bond donors (Lipinski definition) is 2. The number of piperidine rings is 1. The predicted octanol–water partition coefficient (Wildman–Crippen LogP) is 7.16. The van der Waals surface area contributed by atoms with E-state index in [4.69, 9.17) is 4.98 Å². The highest BCUT2D eigenvalue weighted by atomic mass is 32.1. The molecule has 8 nitrogen and oxygen atoms in total. The number of para-hydroxylation sites is 1. The van der Waals surface area contributed by atoms with E-state index < -0.39 is 11.4 Å². The van der Waals surface area contributed by atoms with E-state index in [1.165, 1.54) is 23.1 Å². The Balaban J connectivity index is 1.20. The van der Waals surface area contributed by atoms with E-state index in [1.807, 2.05) is 42.5 Å². The maximum atomic E-state index is 14.0. The Hall–Kier alpha value is -4.63. The van der Waals surface area contributed by atoms with Gasteiger partial charge in [0.1, 0.15) is 0 Å². The second kappa shape index (κ2) is 13.2. The van der Waals surface area contributed by atoms with Crippen molar-refractivity contribution in [3.8, 4) is 0 Å². The zero-order chi connectivity index (χ0) is 31.4. The Labute approximate surface area is 267 Å². The third kappa shape index (κ3) is 6.88. The number of benzene rings is 3. The summed E-state index contributed by atoms with van der Waals surface area (Å²) in [6.45, 7) is 5.47. The minimum absolute atomic E-state index is 0.0311. The molecule has 3 heterocycles. The fourth-order valence-corrected chi connectivity index (χ4v) is 6.88. The van der Waals surface area contributed by atoms with Crippen molar-refractivity contribution in [2.45, 2.75) is 51.9 Å². The van der Waals surface area contributed by atoms with Gasteiger partial charge in [0, 0.05) is 19.3 Å². The van der Waals surface area contributed by atoms with Crippen molar-refractivity contribution in [1.29, 1.82) is 0 Å². The lowest BCUT2D eigenvalue weighted by Crippen LogP contribution is -2.48. The summed E-state index contributed by atoms with van der Waals surface area (Å²) in [5.41, 5.74) is 4.40. The van der Waals surface area contributed by atoms with Crippen molar-refractivity contribution < 1.29 is 14.7 Å². The molecule has 1 saturated heterocycles. The van der Waals surface area contributed by atoms with Crippen LogP contribution >= 0.6 is 11.3 Å². The van der Waals surface area contributed by atoms with Gasteiger partial charge in [0.05, 0.1) is 26.9 Å². The number of aryl methyl sites for hydroxylation is 2. The van der Waals surface area contributed by atoms with Crippen LogP contribution in [0, 0.1) is 5.41 Å². The summed E-state index contributed by atoms with van der Waals surface area (Å²) in [7, 11) is 0. The van der Waals surface area contributed by atoms with Gasteiger partial charge in [0.2, 0.25) is 11.9 Å². The highest BCUT2D eigenvalue weighted by Crippen LogP contribution is 2.38. The molecule has 6 rings (SSSR count). The number of aromatic nitrogens is 3. The summed E-state index contributed by atoms with van der Waals surface area (Å²) in [6, 6.07) is 26.5. The number of fused-ring (bicyclic) bond motifs is 1. The largest absolute Gasteiger partial charge is 0.478 e. The summed E-state index contributed by atoms with van der Waals surface area (Å²) in [5, 5.41) is 13.6. The standard InChI is InChI=1S/C36H37N5O3S/c1-24(2)27-15-12-25(13-16-27)14-17-29-28(32(42)43)23-37-34(38-29)41-20-18-36(19-21-41,22-26-8-4-3-5-9-26)33(44)40-35-39-30-10-6-7-11-31(30)45-35/h3-13,15-16,23-24H,14,17-22H2,1-2H3,(H,42,43)(H,39,40,44). The number of nitrogens with zero attached hydrogens (tertiary/aromatic N) is 4. The number of carbonyl (C=O) groups is 2. The lowest BCUT2D eigenvalue weighted by molar-refractivity contribution is -0.126. The number of amides is 1. The monoisotopic (exact) mass is 619 g/mol. The van der Waals surface area contributed by atoms with Crippen molar-refractivity contribution in [2.24, 2.45) is 5.41 Å². The van der Waals surface area contributed by atoms with E-state index in [0.717, 1.165) is 21.3 Å². The lowest BCUT2D eigenvalue weighted by atomic mass is 9.73. The fraction of sp³-hybridized carbons (Fsp3) is 0.306. The van der Waals surface area contributed by atoms with E-state index in [9.17, 15) is 14.7 Å². The van der Waals surface area contributed by atoms with Gasteiger partial charge in [0.15, 0.2) is 5.13 Å². The molecule has 9 heteroatoms. The van der Waals surface area contributed by atoms with Gasteiger partial charge in [-0.2, -0.15) is 0 Å². The number of nitrogens with one attached hydrogen (secondary N) is 1. The molecule has 0 bridgehead atoms. The Morgan fingerprint density at radius 1 is 0.911 bits per heavy atom. The molecule has 0 radical (unpaired) electrons. The topological polar surface area (TPSA) is 108 Å². The van der Waals surface area contributed by atoms with Crippen LogP contribution in [0.4, 0.5) is 11.1 Å². The molecule has 0 atom stereocenters. The minimum atomic E-state index is -1.03. The first-order valence-corrected chi connectivity index (χ1v) is 16.3. The van der Waals surface area contributed by atoms with E-state index in [1.54, 1.807) is 0 Å². The minimum Gasteiger partial charge on any atom is -0.478 e. The average molecular weight is 620 g/mol. The van der Waals surface area contributed by atoms with Gasteiger partial charge in [-0.1, -0.05) is 91.9 Å². The Bertz CT molecular complexity index is 1760. The highest BCUT2D eigenvalue weighted by molar-refractivity contribution is 7.22. The van der Waals surface area contributed by atoms with Crippen LogP contribution in [0.5, 0.6) is 0 Å². The molecule has 45 heavy (non-hydrogen) atoms. The van der Waals surface area contributed by atoms with Crippen molar-refractivity contribution >= 4 is 44.5 Å². The van der Waals surface area contributed by atoms with Gasteiger partial charge >= 0.3 is 5.97 Å². The van der Waals surface area contributed by atoms with E-state index in [0.29, 0.717) is 67.9 Å². The molecular formula is C36H37N5O3S. The van der Waals surface area contributed by atoms with Crippen molar-refractivity contribution in [2.75, 3.05) is 23.3 Å². The Kier molecular flexibility index (Phi) is 8.89. The van der Waals surface area contributed by atoms with Gasteiger partial charge in [-0.15, -0.1) is 0 Å². The molecule has 0 aliphatic carbocycles. The molecule has 0 unspecified atom stereocenters. The van der Waals surface area contributed by atoms with Gasteiger partial charge in [0.25, 0.3) is 0 Å². The summed E-state index contributed by atoms with van der Waals surface area (Å²) in [6.07, 6.45) is 4.40. The first-order chi connectivity index (χ1) is 21.8. The SMILES string of the molecule is CC(C)c1ccc(CCc2nc(N3CCC(Cc4ccccc4)(C(=O)Nc4nc5ccccc5s4)CC3)ncc2C(=O)O)cc1. The highest BCUT2D eigenvalue weighted by Gasteiger charge is 2.42. The molecule has 1 amide bonds. The molecule has 230 valence electrons.